The quantitative estimate of drug-likeness (QED) is 0.345. The Balaban J connectivity index is 0.00000364. The molecule has 4 nitrogen and oxygen atoms in total. The van der Waals surface area contributed by atoms with Crippen molar-refractivity contribution >= 4 is 29.9 Å². The van der Waals surface area contributed by atoms with Crippen molar-refractivity contribution in [3.63, 3.8) is 0 Å². The Bertz CT molecular complexity index is 711. The first-order valence-corrected chi connectivity index (χ1v) is 9.11. The second-order valence-corrected chi connectivity index (χ2v) is 7.42. The van der Waals surface area contributed by atoms with Crippen LogP contribution in [0.25, 0.3) is 0 Å². The van der Waals surface area contributed by atoms with Crippen LogP contribution in [0.15, 0.2) is 59.6 Å². The molecule has 27 heavy (non-hydrogen) atoms. The Morgan fingerprint density at radius 3 is 2.33 bits per heavy atom. The van der Waals surface area contributed by atoms with E-state index >= 15 is 0 Å². The Hall–Kier alpha value is -1.60. The van der Waals surface area contributed by atoms with Crippen LogP contribution in [-0.4, -0.2) is 18.6 Å². The third kappa shape index (κ3) is 8.75. The van der Waals surface area contributed by atoms with Gasteiger partial charge >= 0.3 is 0 Å². The minimum absolute atomic E-state index is 0. The van der Waals surface area contributed by atoms with E-state index in [1.807, 2.05) is 6.07 Å². The summed E-state index contributed by atoms with van der Waals surface area (Å²) in [4.78, 5) is 4.33. The first-order chi connectivity index (χ1) is 12.4. The molecular formula is C22H32IN3O. The molecule has 2 rings (SSSR count). The molecule has 0 saturated heterocycles. The summed E-state index contributed by atoms with van der Waals surface area (Å²) in [5.74, 6) is 0.790. The monoisotopic (exact) mass is 481 g/mol. The highest BCUT2D eigenvalue weighted by molar-refractivity contribution is 14.0. The molecule has 1 unspecified atom stereocenters. The number of rotatable bonds is 6. The van der Waals surface area contributed by atoms with E-state index < -0.39 is 0 Å². The molecule has 2 aromatic carbocycles. The minimum Gasteiger partial charge on any atom is -0.371 e. The van der Waals surface area contributed by atoms with Gasteiger partial charge in [0.1, 0.15) is 0 Å². The third-order valence-electron chi connectivity index (χ3n) is 4.00. The summed E-state index contributed by atoms with van der Waals surface area (Å²) in [5.41, 5.74) is 3.49. The van der Waals surface area contributed by atoms with Gasteiger partial charge in [-0.2, -0.15) is 0 Å². The van der Waals surface area contributed by atoms with Gasteiger partial charge in [0.05, 0.1) is 18.2 Å². The molecule has 0 spiro atoms. The Labute approximate surface area is 180 Å². The van der Waals surface area contributed by atoms with E-state index in [0.717, 1.165) is 5.96 Å². The van der Waals surface area contributed by atoms with E-state index in [9.17, 15) is 0 Å². The molecule has 0 aromatic heterocycles. The van der Waals surface area contributed by atoms with Crippen LogP contribution in [0.4, 0.5) is 0 Å². The predicted octanol–water partition coefficient (Wildman–Crippen LogP) is 5.05. The average molecular weight is 481 g/mol. The van der Waals surface area contributed by atoms with Crippen LogP contribution in [0.1, 0.15) is 50.4 Å². The highest BCUT2D eigenvalue weighted by Crippen LogP contribution is 2.13. The molecule has 148 valence electrons. The molecule has 0 aliphatic rings. The number of hydrogen-bond acceptors (Lipinski definition) is 2. The fraction of sp³-hybridized carbons (Fsp3) is 0.409. The molecule has 0 bridgehead atoms. The average Bonchev–Trinajstić information content (AvgIpc) is 2.64. The fourth-order valence-corrected chi connectivity index (χ4v) is 2.54. The van der Waals surface area contributed by atoms with E-state index in [4.69, 9.17) is 4.74 Å². The predicted molar refractivity (Wildman–Crippen MR) is 125 cm³/mol. The first kappa shape index (κ1) is 23.4. The van der Waals surface area contributed by atoms with E-state index in [2.05, 4.69) is 91.9 Å². The summed E-state index contributed by atoms with van der Waals surface area (Å²) in [5, 5.41) is 6.81. The first-order valence-electron chi connectivity index (χ1n) is 9.11. The summed E-state index contributed by atoms with van der Waals surface area (Å²) in [6.07, 6.45) is 0. The summed E-state index contributed by atoms with van der Waals surface area (Å²) in [7, 11) is 1.79. The number of aliphatic imine (C=N–C) groups is 1. The van der Waals surface area contributed by atoms with Gasteiger partial charge in [0, 0.05) is 13.6 Å². The molecule has 0 amide bonds. The SMILES string of the molecule is CN=C(NCc1cccc(COC(C)(C)C)c1)NC(C)c1ccccc1.I. The summed E-state index contributed by atoms with van der Waals surface area (Å²) in [6.45, 7) is 9.68. The highest BCUT2D eigenvalue weighted by atomic mass is 127. The fourth-order valence-electron chi connectivity index (χ4n) is 2.54. The zero-order valence-corrected chi connectivity index (χ0v) is 19.3. The van der Waals surface area contributed by atoms with Crippen molar-refractivity contribution in [2.45, 2.75) is 52.5 Å². The standard InChI is InChI=1S/C22H31N3O.HI/c1-17(20-12-7-6-8-13-20)25-21(23-5)24-15-18-10-9-11-19(14-18)16-26-22(2,3)4;/h6-14,17H,15-16H2,1-5H3,(H2,23,24,25);1H. The summed E-state index contributed by atoms with van der Waals surface area (Å²) in [6, 6.07) is 19.0. The van der Waals surface area contributed by atoms with Gasteiger partial charge in [0.2, 0.25) is 0 Å². The number of benzene rings is 2. The molecule has 0 aliphatic carbocycles. The van der Waals surface area contributed by atoms with Gasteiger partial charge in [-0.15, -0.1) is 24.0 Å². The number of ether oxygens (including phenoxy) is 1. The van der Waals surface area contributed by atoms with Crippen LogP contribution in [0.2, 0.25) is 0 Å². The Morgan fingerprint density at radius 1 is 1.04 bits per heavy atom. The molecule has 2 N–H and O–H groups in total. The minimum atomic E-state index is -0.131. The topological polar surface area (TPSA) is 45.7 Å². The number of nitrogens with zero attached hydrogens (tertiary/aromatic N) is 1. The van der Waals surface area contributed by atoms with Gasteiger partial charge in [-0.25, -0.2) is 0 Å². The van der Waals surface area contributed by atoms with Gasteiger partial charge < -0.3 is 15.4 Å². The highest BCUT2D eigenvalue weighted by Gasteiger charge is 2.10. The molecule has 0 heterocycles. The Kier molecular flexibility index (Phi) is 9.80. The van der Waals surface area contributed by atoms with Gasteiger partial charge in [-0.3, -0.25) is 4.99 Å². The van der Waals surface area contributed by atoms with Gasteiger partial charge in [-0.1, -0.05) is 54.6 Å². The lowest BCUT2D eigenvalue weighted by atomic mass is 10.1. The lowest BCUT2D eigenvalue weighted by Gasteiger charge is -2.20. The van der Waals surface area contributed by atoms with Crippen molar-refractivity contribution in [2.24, 2.45) is 4.99 Å². The van der Waals surface area contributed by atoms with Crippen LogP contribution in [0.3, 0.4) is 0 Å². The zero-order chi connectivity index (χ0) is 19.0. The van der Waals surface area contributed by atoms with E-state index in [-0.39, 0.29) is 35.6 Å². The summed E-state index contributed by atoms with van der Waals surface area (Å²) < 4.78 is 5.86. The molecule has 0 aliphatic heterocycles. The number of hydrogen-bond donors (Lipinski definition) is 2. The van der Waals surface area contributed by atoms with Crippen molar-refractivity contribution in [2.75, 3.05) is 7.05 Å². The third-order valence-corrected chi connectivity index (χ3v) is 4.00. The van der Waals surface area contributed by atoms with Crippen LogP contribution < -0.4 is 10.6 Å². The maximum atomic E-state index is 5.86. The largest absolute Gasteiger partial charge is 0.371 e. The van der Waals surface area contributed by atoms with Crippen LogP contribution in [-0.2, 0) is 17.9 Å². The van der Waals surface area contributed by atoms with E-state index in [0.29, 0.717) is 13.2 Å². The lowest BCUT2D eigenvalue weighted by molar-refractivity contribution is -0.0149. The number of nitrogens with one attached hydrogen (secondary N) is 2. The number of guanidine groups is 1. The second kappa shape index (κ2) is 11.3. The van der Waals surface area contributed by atoms with E-state index in [1.165, 1.54) is 16.7 Å². The van der Waals surface area contributed by atoms with Crippen molar-refractivity contribution in [1.82, 2.24) is 10.6 Å². The smallest absolute Gasteiger partial charge is 0.191 e. The van der Waals surface area contributed by atoms with Crippen LogP contribution >= 0.6 is 24.0 Å². The molecule has 0 saturated carbocycles. The molecule has 1 atom stereocenters. The molecule has 0 fully saturated rings. The lowest BCUT2D eigenvalue weighted by Crippen LogP contribution is -2.38. The van der Waals surface area contributed by atoms with Crippen molar-refractivity contribution in [1.29, 1.82) is 0 Å². The molecule has 5 heteroatoms. The van der Waals surface area contributed by atoms with Gasteiger partial charge in [0.15, 0.2) is 5.96 Å². The van der Waals surface area contributed by atoms with Crippen LogP contribution in [0, 0.1) is 0 Å². The maximum Gasteiger partial charge on any atom is 0.191 e. The normalized spacial score (nSPS) is 12.9. The van der Waals surface area contributed by atoms with E-state index in [1.54, 1.807) is 7.05 Å². The number of halogens is 1. The van der Waals surface area contributed by atoms with Gasteiger partial charge in [-0.05, 0) is 44.4 Å². The summed E-state index contributed by atoms with van der Waals surface area (Å²) >= 11 is 0. The Morgan fingerprint density at radius 2 is 1.70 bits per heavy atom. The van der Waals surface area contributed by atoms with Crippen molar-refractivity contribution in [3.8, 4) is 0 Å². The zero-order valence-electron chi connectivity index (χ0n) is 17.0. The second-order valence-electron chi connectivity index (χ2n) is 7.42. The maximum absolute atomic E-state index is 5.86. The molecular weight excluding hydrogens is 449 g/mol. The molecule has 0 radical (unpaired) electrons. The van der Waals surface area contributed by atoms with Crippen molar-refractivity contribution in [3.05, 3.63) is 71.3 Å². The van der Waals surface area contributed by atoms with Gasteiger partial charge in [0.25, 0.3) is 0 Å². The van der Waals surface area contributed by atoms with Crippen LogP contribution in [0.5, 0.6) is 0 Å². The molecule has 2 aromatic rings. The van der Waals surface area contributed by atoms with Crippen molar-refractivity contribution < 1.29 is 4.74 Å².